The lowest BCUT2D eigenvalue weighted by Gasteiger charge is -2.28. The first kappa shape index (κ1) is 13.2. The molecule has 2 heterocycles. The number of benzene rings is 2. The maximum atomic E-state index is 9.38. The van der Waals surface area contributed by atoms with E-state index in [4.69, 9.17) is 4.74 Å². The highest BCUT2D eigenvalue weighted by atomic mass is 16.5. The van der Waals surface area contributed by atoms with Gasteiger partial charge in [-0.3, -0.25) is 0 Å². The molecule has 1 fully saturated rings. The lowest BCUT2D eigenvalue weighted by atomic mass is 10.2. The van der Waals surface area contributed by atoms with Crippen LogP contribution < -0.4 is 4.90 Å². The lowest BCUT2D eigenvalue weighted by molar-refractivity contribution is 0.122. The van der Waals surface area contributed by atoms with Gasteiger partial charge < -0.3 is 19.7 Å². The number of rotatable bonds is 2. The predicted octanol–water partition coefficient (Wildman–Crippen LogP) is 2.77. The van der Waals surface area contributed by atoms with Gasteiger partial charge in [0.2, 0.25) is 0 Å². The van der Waals surface area contributed by atoms with Crippen molar-refractivity contribution in [2.24, 2.45) is 0 Å². The summed E-state index contributed by atoms with van der Waals surface area (Å²) in [6.07, 6.45) is 0. The zero-order valence-corrected chi connectivity index (χ0v) is 12.1. The van der Waals surface area contributed by atoms with Gasteiger partial charge in [-0.1, -0.05) is 0 Å². The van der Waals surface area contributed by atoms with Crippen LogP contribution in [0.15, 0.2) is 42.5 Å². The average Bonchev–Trinajstić information content (AvgIpc) is 2.99. The summed E-state index contributed by atoms with van der Waals surface area (Å²) >= 11 is 0. The predicted molar refractivity (Wildman–Crippen MR) is 86.2 cm³/mol. The molecule has 3 aromatic rings. The van der Waals surface area contributed by atoms with E-state index in [1.807, 2.05) is 18.2 Å². The Hall–Kier alpha value is -2.53. The fourth-order valence-electron chi connectivity index (χ4n) is 2.77. The first-order chi connectivity index (χ1) is 10.8. The average molecular weight is 295 g/mol. The number of phenolic OH excluding ortho intramolecular Hbond substituents is 1. The van der Waals surface area contributed by atoms with Crippen molar-refractivity contribution in [3.05, 3.63) is 42.5 Å². The Morgan fingerprint density at radius 2 is 1.82 bits per heavy atom. The van der Waals surface area contributed by atoms with E-state index < -0.39 is 0 Å². The maximum Gasteiger partial charge on any atom is 0.138 e. The molecule has 2 aromatic carbocycles. The van der Waals surface area contributed by atoms with Crippen molar-refractivity contribution >= 4 is 16.7 Å². The van der Waals surface area contributed by atoms with Crippen molar-refractivity contribution in [1.29, 1.82) is 0 Å². The monoisotopic (exact) mass is 295 g/mol. The molecule has 2 N–H and O–H groups in total. The third-order valence-electron chi connectivity index (χ3n) is 3.98. The Kier molecular flexibility index (Phi) is 3.20. The van der Waals surface area contributed by atoms with E-state index in [2.05, 4.69) is 27.0 Å². The van der Waals surface area contributed by atoms with Gasteiger partial charge in [-0.15, -0.1) is 0 Å². The SMILES string of the molecule is Oc1ccc(-c2nc3ccc(N4CCOCC4)cc3[nH]2)cc1. The molecule has 0 amide bonds. The van der Waals surface area contributed by atoms with Gasteiger partial charge in [0.1, 0.15) is 11.6 Å². The van der Waals surface area contributed by atoms with Crippen LogP contribution in [0, 0.1) is 0 Å². The Labute approximate surface area is 128 Å². The number of imidazole rings is 1. The molecular weight excluding hydrogens is 278 g/mol. The van der Waals surface area contributed by atoms with E-state index in [-0.39, 0.29) is 5.75 Å². The topological polar surface area (TPSA) is 61.4 Å². The van der Waals surface area contributed by atoms with Crippen molar-refractivity contribution in [2.75, 3.05) is 31.2 Å². The molecule has 5 heteroatoms. The molecule has 112 valence electrons. The molecule has 5 nitrogen and oxygen atoms in total. The summed E-state index contributed by atoms with van der Waals surface area (Å²) in [6.45, 7) is 3.40. The number of anilines is 1. The number of aromatic nitrogens is 2. The largest absolute Gasteiger partial charge is 0.508 e. The van der Waals surface area contributed by atoms with Crippen LogP contribution in [0.4, 0.5) is 5.69 Å². The molecule has 0 unspecified atom stereocenters. The van der Waals surface area contributed by atoms with Gasteiger partial charge >= 0.3 is 0 Å². The molecule has 1 aliphatic heterocycles. The molecule has 0 aliphatic carbocycles. The fraction of sp³-hybridized carbons (Fsp3) is 0.235. The minimum Gasteiger partial charge on any atom is -0.508 e. The number of fused-ring (bicyclic) bond motifs is 1. The third kappa shape index (κ3) is 2.40. The van der Waals surface area contributed by atoms with Gasteiger partial charge in [-0.2, -0.15) is 0 Å². The molecule has 0 radical (unpaired) electrons. The number of aromatic hydroxyl groups is 1. The number of H-pyrrole nitrogens is 1. The maximum absolute atomic E-state index is 9.38. The van der Waals surface area contributed by atoms with E-state index in [0.29, 0.717) is 0 Å². The van der Waals surface area contributed by atoms with E-state index in [0.717, 1.165) is 48.7 Å². The van der Waals surface area contributed by atoms with Crippen LogP contribution in [0.3, 0.4) is 0 Å². The van der Waals surface area contributed by atoms with Crippen molar-refractivity contribution in [3.63, 3.8) is 0 Å². The number of phenols is 1. The molecule has 22 heavy (non-hydrogen) atoms. The number of hydrogen-bond acceptors (Lipinski definition) is 4. The number of morpholine rings is 1. The van der Waals surface area contributed by atoms with Gasteiger partial charge in [0.25, 0.3) is 0 Å². The summed E-state index contributed by atoms with van der Waals surface area (Å²) in [5, 5.41) is 9.38. The molecule has 1 aliphatic rings. The van der Waals surface area contributed by atoms with Gasteiger partial charge in [-0.05, 0) is 42.5 Å². The van der Waals surface area contributed by atoms with Crippen molar-refractivity contribution in [2.45, 2.75) is 0 Å². The highest BCUT2D eigenvalue weighted by Crippen LogP contribution is 2.26. The molecule has 1 aromatic heterocycles. The number of hydrogen-bond donors (Lipinski definition) is 2. The fourth-order valence-corrected chi connectivity index (χ4v) is 2.77. The van der Waals surface area contributed by atoms with Crippen LogP contribution >= 0.6 is 0 Å². The van der Waals surface area contributed by atoms with E-state index in [1.54, 1.807) is 12.1 Å². The Morgan fingerprint density at radius 1 is 1.05 bits per heavy atom. The smallest absolute Gasteiger partial charge is 0.138 e. The number of nitrogens with one attached hydrogen (secondary N) is 1. The first-order valence-electron chi connectivity index (χ1n) is 7.41. The second-order valence-electron chi connectivity index (χ2n) is 5.43. The zero-order chi connectivity index (χ0) is 14.9. The van der Waals surface area contributed by atoms with E-state index in [9.17, 15) is 5.11 Å². The normalized spacial score (nSPS) is 15.4. The summed E-state index contributed by atoms with van der Waals surface area (Å²) in [6, 6.07) is 13.3. The van der Waals surface area contributed by atoms with Crippen LogP contribution in [-0.2, 0) is 4.74 Å². The van der Waals surface area contributed by atoms with Gasteiger partial charge in [0.15, 0.2) is 0 Å². The molecule has 1 saturated heterocycles. The number of ether oxygens (including phenoxy) is 1. The third-order valence-corrected chi connectivity index (χ3v) is 3.98. The standard InChI is InChI=1S/C17H17N3O2/c21-14-4-1-12(2-5-14)17-18-15-6-3-13(11-16(15)19-17)20-7-9-22-10-8-20/h1-6,11,21H,7-10H2,(H,18,19). The quantitative estimate of drug-likeness (QED) is 0.763. The van der Waals surface area contributed by atoms with Crippen LogP contribution in [0.1, 0.15) is 0 Å². The van der Waals surface area contributed by atoms with Crippen molar-refractivity contribution in [3.8, 4) is 17.1 Å². The summed E-state index contributed by atoms with van der Waals surface area (Å²) in [7, 11) is 0. The number of nitrogens with zero attached hydrogens (tertiary/aromatic N) is 2. The highest BCUT2D eigenvalue weighted by molar-refractivity contribution is 5.83. The Morgan fingerprint density at radius 3 is 2.59 bits per heavy atom. The second kappa shape index (κ2) is 5.35. The summed E-state index contributed by atoms with van der Waals surface area (Å²) < 4.78 is 5.40. The lowest BCUT2D eigenvalue weighted by Crippen LogP contribution is -2.36. The minimum atomic E-state index is 0.259. The zero-order valence-electron chi connectivity index (χ0n) is 12.1. The molecule has 0 atom stereocenters. The highest BCUT2D eigenvalue weighted by Gasteiger charge is 2.13. The van der Waals surface area contributed by atoms with E-state index in [1.165, 1.54) is 5.69 Å². The summed E-state index contributed by atoms with van der Waals surface area (Å²) in [5.41, 5.74) is 4.12. The molecule has 0 bridgehead atoms. The minimum absolute atomic E-state index is 0.259. The first-order valence-corrected chi connectivity index (χ1v) is 7.41. The summed E-state index contributed by atoms with van der Waals surface area (Å²) in [4.78, 5) is 10.3. The van der Waals surface area contributed by atoms with Crippen LogP contribution in [0.2, 0.25) is 0 Å². The van der Waals surface area contributed by atoms with Crippen molar-refractivity contribution in [1.82, 2.24) is 9.97 Å². The van der Waals surface area contributed by atoms with Crippen molar-refractivity contribution < 1.29 is 9.84 Å². The molecule has 4 rings (SSSR count). The summed E-state index contributed by atoms with van der Waals surface area (Å²) in [5.74, 6) is 1.07. The van der Waals surface area contributed by atoms with E-state index >= 15 is 0 Å². The van der Waals surface area contributed by atoms with Gasteiger partial charge in [0.05, 0.1) is 24.2 Å². The van der Waals surface area contributed by atoms with Crippen LogP contribution in [0.5, 0.6) is 5.75 Å². The van der Waals surface area contributed by atoms with Gasteiger partial charge in [0, 0.05) is 24.3 Å². The van der Waals surface area contributed by atoms with Gasteiger partial charge in [-0.25, -0.2) is 4.98 Å². The molecule has 0 saturated carbocycles. The van der Waals surface area contributed by atoms with Crippen LogP contribution in [0.25, 0.3) is 22.4 Å². The Balaban J connectivity index is 1.69. The van der Waals surface area contributed by atoms with Crippen LogP contribution in [-0.4, -0.2) is 41.4 Å². The number of aromatic amines is 1. The Bertz CT molecular complexity index is 789. The second-order valence-corrected chi connectivity index (χ2v) is 5.43. The molecular formula is C17H17N3O2. The molecule has 0 spiro atoms.